The number of fused-ring (bicyclic) bond motifs is 1. The molecule has 0 aromatic carbocycles. The molecule has 0 spiro atoms. The molecule has 1 aliphatic rings. The predicted molar refractivity (Wildman–Crippen MR) is 96.3 cm³/mol. The number of nitrogens with one attached hydrogen (secondary N) is 2. The van der Waals surface area contributed by atoms with Crippen molar-refractivity contribution in [1.29, 1.82) is 0 Å². The van der Waals surface area contributed by atoms with Crippen molar-refractivity contribution in [2.24, 2.45) is 0 Å². The average molecular weight is 357 g/mol. The van der Waals surface area contributed by atoms with Gasteiger partial charge in [-0.25, -0.2) is 19.3 Å². The Morgan fingerprint density at radius 1 is 1.35 bits per heavy atom. The first-order valence-corrected chi connectivity index (χ1v) is 8.64. The van der Waals surface area contributed by atoms with Crippen LogP contribution in [-0.2, 0) is 6.42 Å². The van der Waals surface area contributed by atoms with Crippen LogP contribution < -0.4 is 10.2 Å². The number of anilines is 3. The third kappa shape index (κ3) is 3.30. The molecule has 2 atom stereocenters. The van der Waals surface area contributed by atoms with Crippen molar-refractivity contribution in [3.63, 3.8) is 0 Å². The van der Waals surface area contributed by atoms with Crippen LogP contribution in [0.25, 0.3) is 11.0 Å². The third-order valence-electron chi connectivity index (χ3n) is 4.44. The lowest BCUT2D eigenvalue weighted by Gasteiger charge is -2.32. The molecule has 4 rings (SSSR count). The van der Waals surface area contributed by atoms with Gasteiger partial charge in [0.15, 0.2) is 0 Å². The molecule has 8 nitrogen and oxygen atoms in total. The molecule has 3 aromatic rings. The van der Waals surface area contributed by atoms with Gasteiger partial charge in [0.25, 0.3) is 0 Å². The molecule has 3 N–H and O–H groups in total. The fourth-order valence-corrected chi connectivity index (χ4v) is 2.98. The largest absolute Gasteiger partial charge is 0.390 e. The summed E-state index contributed by atoms with van der Waals surface area (Å²) < 4.78 is 13.8. The van der Waals surface area contributed by atoms with E-state index in [2.05, 4.69) is 30.2 Å². The number of nitrogens with zero attached hydrogens (tertiary/aromatic N) is 5. The number of hydrogen-bond donors (Lipinski definition) is 3. The topological polar surface area (TPSA) is 103 Å². The van der Waals surface area contributed by atoms with E-state index < -0.39 is 12.3 Å². The van der Waals surface area contributed by atoms with Gasteiger partial charge in [0.05, 0.1) is 24.4 Å². The van der Waals surface area contributed by atoms with E-state index in [1.807, 2.05) is 13.0 Å². The number of halogens is 1. The van der Waals surface area contributed by atoms with Gasteiger partial charge in [0, 0.05) is 25.2 Å². The van der Waals surface area contributed by atoms with Crippen LogP contribution >= 0.6 is 0 Å². The van der Waals surface area contributed by atoms with Gasteiger partial charge in [-0.3, -0.25) is 0 Å². The van der Waals surface area contributed by atoms with Gasteiger partial charge in [-0.1, -0.05) is 6.92 Å². The smallest absolute Gasteiger partial charge is 0.227 e. The number of H-pyrrole nitrogens is 1. The summed E-state index contributed by atoms with van der Waals surface area (Å²) in [6, 6.07) is 3.60. The number of imidazole rings is 1. The van der Waals surface area contributed by atoms with Crippen LogP contribution in [0.4, 0.5) is 22.0 Å². The summed E-state index contributed by atoms with van der Waals surface area (Å²) in [5.74, 6) is 2.54. The molecule has 2 unspecified atom stereocenters. The Kier molecular flexibility index (Phi) is 4.37. The summed E-state index contributed by atoms with van der Waals surface area (Å²) in [7, 11) is 0. The summed E-state index contributed by atoms with van der Waals surface area (Å²) in [5.41, 5.74) is 1.72. The first-order valence-electron chi connectivity index (χ1n) is 8.64. The fourth-order valence-electron chi connectivity index (χ4n) is 2.98. The van der Waals surface area contributed by atoms with Crippen LogP contribution in [0.5, 0.6) is 0 Å². The lowest BCUT2D eigenvalue weighted by atomic mass is 10.1. The zero-order valence-corrected chi connectivity index (χ0v) is 14.4. The Morgan fingerprint density at radius 2 is 2.23 bits per heavy atom. The maximum absolute atomic E-state index is 13.8. The van der Waals surface area contributed by atoms with Crippen LogP contribution in [-0.4, -0.2) is 55.4 Å². The van der Waals surface area contributed by atoms with Crippen molar-refractivity contribution in [3.8, 4) is 0 Å². The van der Waals surface area contributed by atoms with E-state index in [1.165, 1.54) is 0 Å². The number of piperidine rings is 1. The second-order valence-electron chi connectivity index (χ2n) is 6.31. The Bertz CT molecular complexity index is 915. The zero-order valence-electron chi connectivity index (χ0n) is 14.4. The minimum Gasteiger partial charge on any atom is -0.390 e. The van der Waals surface area contributed by atoms with Crippen molar-refractivity contribution in [2.75, 3.05) is 23.3 Å². The lowest BCUT2D eigenvalue weighted by molar-refractivity contribution is 0.0612. The van der Waals surface area contributed by atoms with Crippen molar-refractivity contribution in [1.82, 2.24) is 24.9 Å². The fraction of sp³-hybridized carbons (Fsp3) is 0.412. The highest BCUT2D eigenvalue weighted by atomic mass is 19.1. The molecule has 9 heteroatoms. The number of aliphatic hydroxyl groups is 1. The number of rotatable bonds is 4. The number of aliphatic hydroxyl groups excluding tert-OH is 1. The molecule has 0 saturated carbocycles. The molecule has 3 aromatic heterocycles. The van der Waals surface area contributed by atoms with E-state index in [1.54, 1.807) is 23.4 Å². The van der Waals surface area contributed by atoms with Crippen molar-refractivity contribution >= 4 is 28.6 Å². The summed E-state index contributed by atoms with van der Waals surface area (Å²) in [6.45, 7) is 2.64. The molecule has 1 aliphatic heterocycles. The number of aromatic nitrogens is 5. The summed E-state index contributed by atoms with van der Waals surface area (Å²) >= 11 is 0. The van der Waals surface area contributed by atoms with Crippen LogP contribution in [0, 0.1) is 0 Å². The summed E-state index contributed by atoms with van der Waals surface area (Å²) in [6.07, 6.45) is 2.31. The van der Waals surface area contributed by atoms with Crippen LogP contribution in [0.1, 0.15) is 19.2 Å². The number of aryl methyl sites for hydroxylation is 1. The Balaban J connectivity index is 1.53. The lowest BCUT2D eigenvalue weighted by Crippen LogP contribution is -2.45. The maximum atomic E-state index is 13.8. The number of hydrogen-bond acceptors (Lipinski definition) is 7. The van der Waals surface area contributed by atoms with Gasteiger partial charge in [-0.2, -0.15) is 4.98 Å². The molecule has 0 amide bonds. The molecule has 26 heavy (non-hydrogen) atoms. The zero-order chi connectivity index (χ0) is 18.1. The Labute approximate surface area is 149 Å². The number of alkyl halides is 1. The molecule has 0 aliphatic carbocycles. The average Bonchev–Trinajstić information content (AvgIpc) is 3.07. The summed E-state index contributed by atoms with van der Waals surface area (Å²) in [5, 5.41) is 12.7. The second kappa shape index (κ2) is 6.83. The van der Waals surface area contributed by atoms with Gasteiger partial charge in [-0.15, -0.1) is 0 Å². The van der Waals surface area contributed by atoms with Crippen molar-refractivity contribution in [2.45, 2.75) is 32.0 Å². The highest BCUT2D eigenvalue weighted by Crippen LogP contribution is 2.22. The monoisotopic (exact) mass is 357 g/mol. The highest BCUT2D eigenvalue weighted by molar-refractivity contribution is 5.77. The quantitative estimate of drug-likeness (QED) is 0.656. The second-order valence-corrected chi connectivity index (χ2v) is 6.31. The minimum absolute atomic E-state index is 0.0861. The van der Waals surface area contributed by atoms with E-state index in [0.29, 0.717) is 30.5 Å². The molecular weight excluding hydrogens is 337 g/mol. The molecular formula is C17H20FN7O. The first kappa shape index (κ1) is 16.6. The third-order valence-corrected chi connectivity index (χ3v) is 4.44. The van der Waals surface area contributed by atoms with E-state index in [4.69, 9.17) is 0 Å². The molecule has 1 saturated heterocycles. The standard InChI is InChI=1S/C17H20FN7O/c1-2-14-21-11-7-16(20-8-12(11)22-14)23-15-3-5-19-17(24-15)25-6-4-13(26)10(18)9-25/h3,5,7-8,10,13,26H,2,4,6,9H2,1H3,(H,21,22)(H,19,20,23,24). The molecule has 4 heterocycles. The maximum Gasteiger partial charge on any atom is 0.227 e. The van der Waals surface area contributed by atoms with Gasteiger partial charge >= 0.3 is 0 Å². The first-order chi connectivity index (χ1) is 12.6. The van der Waals surface area contributed by atoms with E-state index in [-0.39, 0.29) is 6.54 Å². The number of pyridine rings is 1. The van der Waals surface area contributed by atoms with Crippen LogP contribution in [0.3, 0.4) is 0 Å². The highest BCUT2D eigenvalue weighted by Gasteiger charge is 2.28. The molecule has 1 fully saturated rings. The van der Waals surface area contributed by atoms with Crippen LogP contribution in [0.2, 0.25) is 0 Å². The van der Waals surface area contributed by atoms with Gasteiger partial charge in [0.2, 0.25) is 5.95 Å². The normalized spacial score (nSPS) is 20.5. The van der Waals surface area contributed by atoms with E-state index in [0.717, 1.165) is 23.3 Å². The predicted octanol–water partition coefficient (Wildman–Crippen LogP) is 1.96. The number of aromatic amines is 1. The van der Waals surface area contributed by atoms with Gasteiger partial charge in [-0.05, 0) is 12.5 Å². The molecule has 0 radical (unpaired) electrons. The SMILES string of the molecule is CCc1nc2cnc(Nc3ccnc(N4CCC(O)C(F)C4)n3)cc2[nH]1. The van der Waals surface area contributed by atoms with E-state index in [9.17, 15) is 9.50 Å². The Hall–Kier alpha value is -2.81. The molecule has 136 valence electrons. The van der Waals surface area contributed by atoms with Crippen molar-refractivity contribution < 1.29 is 9.50 Å². The van der Waals surface area contributed by atoms with Gasteiger partial charge < -0.3 is 20.3 Å². The van der Waals surface area contributed by atoms with Crippen LogP contribution in [0.15, 0.2) is 24.5 Å². The van der Waals surface area contributed by atoms with Crippen molar-refractivity contribution in [3.05, 3.63) is 30.4 Å². The van der Waals surface area contributed by atoms with E-state index >= 15 is 0 Å². The minimum atomic E-state index is -1.29. The Morgan fingerprint density at radius 3 is 3.04 bits per heavy atom. The molecule has 0 bridgehead atoms. The summed E-state index contributed by atoms with van der Waals surface area (Å²) in [4.78, 5) is 22.4. The van der Waals surface area contributed by atoms with Gasteiger partial charge in [0.1, 0.15) is 29.1 Å².